The Morgan fingerprint density at radius 3 is 2.22 bits per heavy atom. The summed E-state index contributed by atoms with van der Waals surface area (Å²) in [4.78, 5) is 12.4. The van der Waals surface area contributed by atoms with Gasteiger partial charge in [0.2, 0.25) is 0 Å². The first-order chi connectivity index (χ1) is 11.1. The molecule has 0 aromatic heterocycles. The van der Waals surface area contributed by atoms with Gasteiger partial charge in [-0.25, -0.2) is 0 Å². The van der Waals surface area contributed by atoms with Crippen molar-refractivity contribution in [1.29, 1.82) is 0 Å². The van der Waals surface area contributed by atoms with Crippen LogP contribution in [0.3, 0.4) is 0 Å². The smallest absolute Gasteiger partial charge is 0.265 e. The molecule has 2 atom stereocenters. The van der Waals surface area contributed by atoms with Gasteiger partial charge in [-0.15, -0.1) is 0 Å². The molecule has 0 saturated heterocycles. The molecule has 0 unspecified atom stereocenters. The fraction of sp³-hybridized carbons (Fsp3) is 0.350. The molecular formula is C20H25NO2. The van der Waals surface area contributed by atoms with Crippen molar-refractivity contribution in [2.45, 2.75) is 45.6 Å². The van der Waals surface area contributed by atoms with Crippen LogP contribution in [0.15, 0.2) is 54.6 Å². The normalized spacial score (nSPS) is 13.2. The number of nitrogens with one attached hydrogen (secondary N) is 1. The zero-order valence-electron chi connectivity index (χ0n) is 14.1. The van der Waals surface area contributed by atoms with Crippen LogP contribution in [0.4, 0.5) is 5.69 Å². The summed E-state index contributed by atoms with van der Waals surface area (Å²) in [5, 5.41) is 2.93. The van der Waals surface area contributed by atoms with Crippen molar-refractivity contribution in [3.63, 3.8) is 0 Å². The number of carbonyl (C=O) groups excluding carboxylic acids is 1. The lowest BCUT2D eigenvalue weighted by Crippen LogP contribution is -2.32. The van der Waals surface area contributed by atoms with Crippen LogP contribution in [0.2, 0.25) is 0 Å². The van der Waals surface area contributed by atoms with Gasteiger partial charge >= 0.3 is 0 Å². The van der Waals surface area contributed by atoms with E-state index in [4.69, 9.17) is 4.74 Å². The summed E-state index contributed by atoms with van der Waals surface area (Å²) in [7, 11) is 0. The van der Waals surface area contributed by atoms with Crippen LogP contribution in [-0.2, 0) is 4.79 Å². The van der Waals surface area contributed by atoms with Gasteiger partial charge in [-0.05, 0) is 48.6 Å². The average Bonchev–Trinajstić information content (AvgIpc) is 2.60. The molecule has 0 fully saturated rings. The summed E-state index contributed by atoms with van der Waals surface area (Å²) >= 11 is 0. The van der Waals surface area contributed by atoms with Gasteiger partial charge < -0.3 is 10.1 Å². The number of hydrogen-bond acceptors (Lipinski definition) is 2. The lowest BCUT2D eigenvalue weighted by molar-refractivity contribution is -0.122. The maximum absolute atomic E-state index is 12.4. The summed E-state index contributed by atoms with van der Waals surface area (Å²) in [5.74, 6) is 1.12. The van der Waals surface area contributed by atoms with E-state index in [2.05, 4.69) is 31.3 Å². The van der Waals surface area contributed by atoms with Crippen molar-refractivity contribution in [2.75, 3.05) is 5.32 Å². The second-order valence-corrected chi connectivity index (χ2v) is 5.75. The molecule has 0 heterocycles. The molecule has 1 N–H and O–H groups in total. The average molecular weight is 311 g/mol. The number of carbonyl (C=O) groups is 1. The Balaban J connectivity index is 1.99. The first-order valence-electron chi connectivity index (χ1n) is 8.26. The predicted molar refractivity (Wildman–Crippen MR) is 94.9 cm³/mol. The summed E-state index contributed by atoms with van der Waals surface area (Å²) < 4.78 is 5.76. The van der Waals surface area contributed by atoms with Gasteiger partial charge in [0.15, 0.2) is 6.10 Å². The van der Waals surface area contributed by atoms with Gasteiger partial charge in [-0.3, -0.25) is 4.79 Å². The Bertz CT molecular complexity index is 607. The Kier molecular flexibility index (Phi) is 6.21. The fourth-order valence-corrected chi connectivity index (χ4v) is 2.34. The highest BCUT2D eigenvalue weighted by molar-refractivity contribution is 5.94. The molecule has 122 valence electrons. The SMILES string of the molecule is CC[C@@H](C)c1ccc(NC(=O)[C@@H](CC)Oc2ccccc2)cc1. The number of rotatable bonds is 7. The highest BCUT2D eigenvalue weighted by Gasteiger charge is 2.18. The van der Waals surface area contributed by atoms with Crippen LogP contribution < -0.4 is 10.1 Å². The minimum atomic E-state index is -0.494. The van der Waals surface area contributed by atoms with Crippen molar-refractivity contribution in [1.82, 2.24) is 0 Å². The van der Waals surface area contributed by atoms with Gasteiger partial charge in [0.25, 0.3) is 5.91 Å². The van der Waals surface area contributed by atoms with Gasteiger partial charge in [0.05, 0.1) is 0 Å². The lowest BCUT2D eigenvalue weighted by atomic mass is 9.98. The zero-order valence-corrected chi connectivity index (χ0v) is 14.1. The number of para-hydroxylation sites is 1. The van der Waals surface area contributed by atoms with Crippen LogP contribution in [0, 0.1) is 0 Å². The van der Waals surface area contributed by atoms with E-state index in [0.717, 1.165) is 12.1 Å². The van der Waals surface area contributed by atoms with Crippen molar-refractivity contribution < 1.29 is 9.53 Å². The number of anilines is 1. The molecule has 2 aromatic carbocycles. The summed E-state index contributed by atoms with van der Waals surface area (Å²) in [6, 6.07) is 17.5. The Hall–Kier alpha value is -2.29. The molecular weight excluding hydrogens is 286 g/mol. The maximum Gasteiger partial charge on any atom is 0.265 e. The third-order valence-corrected chi connectivity index (χ3v) is 4.04. The highest BCUT2D eigenvalue weighted by atomic mass is 16.5. The molecule has 0 radical (unpaired) electrons. The van der Waals surface area contributed by atoms with Crippen molar-refractivity contribution in [3.05, 3.63) is 60.2 Å². The molecule has 3 nitrogen and oxygen atoms in total. The Morgan fingerprint density at radius 1 is 1.00 bits per heavy atom. The van der Waals surface area contributed by atoms with Gasteiger partial charge in [-0.1, -0.05) is 51.1 Å². The van der Waals surface area contributed by atoms with E-state index in [1.807, 2.05) is 49.4 Å². The van der Waals surface area contributed by atoms with E-state index in [0.29, 0.717) is 18.1 Å². The van der Waals surface area contributed by atoms with Crippen LogP contribution in [-0.4, -0.2) is 12.0 Å². The van der Waals surface area contributed by atoms with Crippen LogP contribution in [0.25, 0.3) is 0 Å². The standard InChI is InChI=1S/C20H25NO2/c1-4-15(3)16-11-13-17(14-12-16)21-20(22)19(5-2)23-18-9-7-6-8-10-18/h6-15,19H,4-5H2,1-3H3,(H,21,22)/t15-,19-/m1/s1. The number of benzene rings is 2. The second-order valence-electron chi connectivity index (χ2n) is 5.75. The first kappa shape index (κ1) is 17.1. The van der Waals surface area contributed by atoms with E-state index in [1.165, 1.54) is 5.56 Å². The lowest BCUT2D eigenvalue weighted by Gasteiger charge is -2.17. The Labute approximate surface area is 138 Å². The van der Waals surface area contributed by atoms with Crippen molar-refractivity contribution in [2.24, 2.45) is 0 Å². The van der Waals surface area contributed by atoms with E-state index >= 15 is 0 Å². The fourth-order valence-electron chi connectivity index (χ4n) is 2.34. The first-order valence-corrected chi connectivity index (χ1v) is 8.26. The van der Waals surface area contributed by atoms with E-state index < -0.39 is 6.10 Å². The molecule has 2 rings (SSSR count). The van der Waals surface area contributed by atoms with Crippen molar-refractivity contribution in [3.8, 4) is 5.75 Å². The molecule has 0 aliphatic heterocycles. The molecule has 0 spiro atoms. The monoisotopic (exact) mass is 311 g/mol. The Morgan fingerprint density at radius 2 is 1.65 bits per heavy atom. The molecule has 3 heteroatoms. The molecule has 1 amide bonds. The van der Waals surface area contributed by atoms with E-state index in [1.54, 1.807) is 0 Å². The number of amides is 1. The third-order valence-electron chi connectivity index (χ3n) is 4.04. The highest BCUT2D eigenvalue weighted by Crippen LogP contribution is 2.21. The summed E-state index contributed by atoms with van der Waals surface area (Å²) in [6.45, 7) is 6.32. The summed E-state index contributed by atoms with van der Waals surface area (Å²) in [5.41, 5.74) is 2.09. The molecule has 0 bridgehead atoms. The van der Waals surface area contributed by atoms with E-state index in [-0.39, 0.29) is 5.91 Å². The van der Waals surface area contributed by atoms with Gasteiger partial charge in [-0.2, -0.15) is 0 Å². The van der Waals surface area contributed by atoms with Crippen LogP contribution >= 0.6 is 0 Å². The van der Waals surface area contributed by atoms with E-state index in [9.17, 15) is 4.79 Å². The van der Waals surface area contributed by atoms with Crippen LogP contribution in [0.1, 0.15) is 45.1 Å². The van der Waals surface area contributed by atoms with Crippen LogP contribution in [0.5, 0.6) is 5.75 Å². The molecule has 2 aromatic rings. The predicted octanol–water partition coefficient (Wildman–Crippen LogP) is 5.00. The quantitative estimate of drug-likeness (QED) is 0.781. The molecule has 0 saturated carbocycles. The number of hydrogen-bond donors (Lipinski definition) is 1. The maximum atomic E-state index is 12.4. The molecule has 0 aliphatic rings. The third kappa shape index (κ3) is 4.85. The summed E-state index contributed by atoms with van der Waals surface area (Å²) in [6.07, 6.45) is 1.23. The minimum Gasteiger partial charge on any atom is -0.481 e. The van der Waals surface area contributed by atoms with Gasteiger partial charge in [0, 0.05) is 5.69 Å². The topological polar surface area (TPSA) is 38.3 Å². The zero-order chi connectivity index (χ0) is 16.7. The molecule has 0 aliphatic carbocycles. The van der Waals surface area contributed by atoms with Crippen molar-refractivity contribution >= 4 is 11.6 Å². The number of ether oxygens (including phenoxy) is 1. The van der Waals surface area contributed by atoms with Gasteiger partial charge in [0.1, 0.15) is 5.75 Å². The second kappa shape index (κ2) is 8.37. The minimum absolute atomic E-state index is 0.118. The largest absolute Gasteiger partial charge is 0.481 e. The molecule has 23 heavy (non-hydrogen) atoms.